The van der Waals surface area contributed by atoms with Crippen molar-refractivity contribution in [3.63, 3.8) is 0 Å². The number of hydrogen-bond acceptors (Lipinski definition) is 3. The van der Waals surface area contributed by atoms with Crippen LogP contribution in [0.1, 0.15) is 40.5 Å². The fourth-order valence-electron chi connectivity index (χ4n) is 2.16. The average Bonchev–Trinajstić information content (AvgIpc) is 2.70. The van der Waals surface area contributed by atoms with Crippen LogP contribution in [0.15, 0.2) is 24.3 Å². The molecule has 0 aromatic heterocycles. The number of amides is 3. The molecule has 1 aliphatic heterocycles. The van der Waals surface area contributed by atoms with Gasteiger partial charge < -0.3 is 4.90 Å². The van der Waals surface area contributed by atoms with E-state index in [1.165, 1.54) is 0 Å². The first kappa shape index (κ1) is 14.2. The Morgan fingerprint density at radius 3 is 2.20 bits per heavy atom. The van der Waals surface area contributed by atoms with Gasteiger partial charge in [-0.2, -0.15) is 0 Å². The highest BCUT2D eigenvalue weighted by Crippen LogP contribution is 2.22. The van der Waals surface area contributed by atoms with Crippen molar-refractivity contribution < 1.29 is 14.4 Å². The zero-order valence-corrected chi connectivity index (χ0v) is 11.8. The Balaban J connectivity index is 2.07. The van der Waals surface area contributed by atoms with Crippen LogP contribution >= 0.6 is 0 Å². The van der Waals surface area contributed by atoms with Gasteiger partial charge in [0, 0.05) is 13.6 Å². The van der Waals surface area contributed by atoms with Crippen LogP contribution in [0.3, 0.4) is 0 Å². The summed E-state index contributed by atoms with van der Waals surface area (Å²) in [6.07, 6.45) is 1.90. The SMILES string of the molecule is CCCCN(C)C(=O)CN1C(=O)c2ccccc2C1=O. The van der Waals surface area contributed by atoms with Crippen molar-refractivity contribution in [3.8, 4) is 0 Å². The van der Waals surface area contributed by atoms with E-state index in [1.807, 2.05) is 6.92 Å². The number of fused-ring (bicyclic) bond motifs is 1. The second-order valence-electron chi connectivity index (χ2n) is 4.91. The van der Waals surface area contributed by atoms with Gasteiger partial charge in [0.25, 0.3) is 11.8 Å². The van der Waals surface area contributed by atoms with Crippen molar-refractivity contribution >= 4 is 17.7 Å². The van der Waals surface area contributed by atoms with Gasteiger partial charge >= 0.3 is 0 Å². The molecule has 1 aromatic rings. The first-order valence-electron chi connectivity index (χ1n) is 6.75. The van der Waals surface area contributed by atoms with Crippen LogP contribution in [0.4, 0.5) is 0 Å². The molecule has 5 nitrogen and oxygen atoms in total. The minimum atomic E-state index is -0.386. The molecule has 1 aromatic carbocycles. The van der Waals surface area contributed by atoms with Gasteiger partial charge in [0.05, 0.1) is 11.1 Å². The van der Waals surface area contributed by atoms with Crippen LogP contribution in [-0.2, 0) is 4.79 Å². The second kappa shape index (κ2) is 5.86. The number of rotatable bonds is 5. The van der Waals surface area contributed by atoms with Gasteiger partial charge in [0.15, 0.2) is 0 Å². The van der Waals surface area contributed by atoms with Crippen molar-refractivity contribution in [2.45, 2.75) is 19.8 Å². The predicted molar refractivity (Wildman–Crippen MR) is 74.4 cm³/mol. The lowest BCUT2D eigenvalue weighted by Crippen LogP contribution is -2.41. The van der Waals surface area contributed by atoms with E-state index in [-0.39, 0.29) is 24.3 Å². The summed E-state index contributed by atoms with van der Waals surface area (Å²) in [5.74, 6) is -0.987. The Hall–Kier alpha value is -2.17. The van der Waals surface area contributed by atoms with Crippen molar-refractivity contribution in [1.82, 2.24) is 9.80 Å². The molecule has 0 unspecified atom stereocenters. The molecular formula is C15H18N2O3. The Kier molecular flexibility index (Phi) is 4.17. The minimum Gasteiger partial charge on any atom is -0.344 e. The quantitative estimate of drug-likeness (QED) is 0.765. The Bertz CT molecular complexity index is 519. The number of imide groups is 1. The molecule has 1 aliphatic rings. The lowest BCUT2D eigenvalue weighted by Gasteiger charge is -2.20. The molecule has 20 heavy (non-hydrogen) atoms. The highest BCUT2D eigenvalue weighted by molar-refractivity contribution is 6.22. The van der Waals surface area contributed by atoms with Crippen molar-refractivity contribution in [2.24, 2.45) is 0 Å². The molecule has 0 spiro atoms. The molecule has 2 rings (SSSR count). The van der Waals surface area contributed by atoms with Crippen LogP contribution in [-0.4, -0.2) is 47.7 Å². The summed E-state index contributed by atoms with van der Waals surface area (Å²) in [5, 5.41) is 0. The lowest BCUT2D eigenvalue weighted by atomic mass is 10.1. The van der Waals surface area contributed by atoms with Gasteiger partial charge in [-0.15, -0.1) is 0 Å². The molecule has 5 heteroatoms. The number of nitrogens with zero attached hydrogens (tertiary/aromatic N) is 2. The third-order valence-electron chi connectivity index (χ3n) is 3.44. The van der Waals surface area contributed by atoms with E-state index < -0.39 is 0 Å². The number of benzene rings is 1. The molecule has 0 aliphatic carbocycles. The fourth-order valence-corrected chi connectivity index (χ4v) is 2.16. The van der Waals surface area contributed by atoms with E-state index in [0.29, 0.717) is 17.7 Å². The Morgan fingerprint density at radius 1 is 1.15 bits per heavy atom. The van der Waals surface area contributed by atoms with E-state index in [1.54, 1.807) is 36.2 Å². The highest BCUT2D eigenvalue weighted by atomic mass is 16.2. The molecule has 0 saturated carbocycles. The monoisotopic (exact) mass is 274 g/mol. The maximum atomic E-state index is 12.1. The predicted octanol–water partition coefficient (Wildman–Crippen LogP) is 1.54. The van der Waals surface area contributed by atoms with Crippen LogP contribution in [0, 0.1) is 0 Å². The summed E-state index contributed by atoms with van der Waals surface area (Å²) < 4.78 is 0. The molecule has 3 amide bonds. The summed E-state index contributed by atoms with van der Waals surface area (Å²) >= 11 is 0. The maximum Gasteiger partial charge on any atom is 0.262 e. The molecule has 0 fully saturated rings. The molecule has 106 valence electrons. The molecule has 0 saturated heterocycles. The van der Waals surface area contributed by atoms with E-state index in [9.17, 15) is 14.4 Å². The largest absolute Gasteiger partial charge is 0.344 e. The normalized spacial score (nSPS) is 13.6. The highest BCUT2D eigenvalue weighted by Gasteiger charge is 2.36. The first-order chi connectivity index (χ1) is 9.56. The van der Waals surface area contributed by atoms with Crippen LogP contribution in [0.25, 0.3) is 0 Å². The number of carbonyl (C=O) groups excluding carboxylic acids is 3. The van der Waals surface area contributed by atoms with Crippen LogP contribution in [0.5, 0.6) is 0 Å². The smallest absolute Gasteiger partial charge is 0.262 e. The third-order valence-corrected chi connectivity index (χ3v) is 3.44. The summed E-state index contributed by atoms with van der Waals surface area (Å²) in [6.45, 7) is 2.49. The Morgan fingerprint density at radius 2 is 1.70 bits per heavy atom. The Labute approximate surface area is 118 Å². The first-order valence-corrected chi connectivity index (χ1v) is 6.75. The maximum absolute atomic E-state index is 12.1. The number of carbonyl (C=O) groups is 3. The molecule has 0 N–H and O–H groups in total. The van der Waals surface area contributed by atoms with Crippen molar-refractivity contribution in [1.29, 1.82) is 0 Å². The molecule has 1 heterocycles. The average molecular weight is 274 g/mol. The van der Waals surface area contributed by atoms with E-state index >= 15 is 0 Å². The standard InChI is InChI=1S/C15H18N2O3/c1-3-4-9-16(2)13(18)10-17-14(19)11-7-5-6-8-12(11)15(17)20/h5-8H,3-4,9-10H2,1-2H3. The van der Waals surface area contributed by atoms with Crippen molar-refractivity contribution in [3.05, 3.63) is 35.4 Å². The van der Waals surface area contributed by atoms with Gasteiger partial charge in [-0.05, 0) is 18.6 Å². The molecule has 0 bridgehead atoms. The van der Waals surface area contributed by atoms with Gasteiger partial charge in [0.2, 0.25) is 5.91 Å². The summed E-state index contributed by atoms with van der Waals surface area (Å²) in [5.41, 5.74) is 0.753. The van der Waals surface area contributed by atoms with Gasteiger partial charge in [-0.1, -0.05) is 25.5 Å². The summed E-state index contributed by atoms with van der Waals surface area (Å²) in [7, 11) is 1.69. The number of unbranched alkanes of at least 4 members (excludes halogenated alkanes) is 1. The topological polar surface area (TPSA) is 57.7 Å². The summed E-state index contributed by atoms with van der Waals surface area (Å²) in [6, 6.07) is 6.65. The lowest BCUT2D eigenvalue weighted by molar-refractivity contribution is -0.130. The van der Waals surface area contributed by atoms with Crippen molar-refractivity contribution in [2.75, 3.05) is 20.1 Å². The molecular weight excluding hydrogens is 256 g/mol. The molecule has 0 radical (unpaired) electrons. The third kappa shape index (κ3) is 2.57. The number of likely N-dealkylation sites (N-methyl/N-ethyl adjacent to an activating group) is 1. The molecule has 0 atom stereocenters. The van der Waals surface area contributed by atoms with Crippen LogP contribution in [0.2, 0.25) is 0 Å². The van der Waals surface area contributed by atoms with Gasteiger partial charge in [-0.25, -0.2) is 0 Å². The van der Waals surface area contributed by atoms with Gasteiger partial charge in [0.1, 0.15) is 6.54 Å². The summed E-state index contributed by atoms with van der Waals surface area (Å²) in [4.78, 5) is 38.8. The minimum absolute atomic E-state index is 0.188. The van der Waals surface area contributed by atoms with Crippen LogP contribution < -0.4 is 0 Å². The zero-order chi connectivity index (χ0) is 14.7. The van der Waals surface area contributed by atoms with E-state index in [0.717, 1.165) is 17.7 Å². The van der Waals surface area contributed by atoms with E-state index in [4.69, 9.17) is 0 Å². The van der Waals surface area contributed by atoms with Gasteiger partial charge in [-0.3, -0.25) is 19.3 Å². The zero-order valence-electron chi connectivity index (χ0n) is 11.8. The fraction of sp³-hybridized carbons (Fsp3) is 0.400. The van der Waals surface area contributed by atoms with E-state index in [2.05, 4.69) is 0 Å². The second-order valence-corrected chi connectivity index (χ2v) is 4.91. The number of hydrogen-bond donors (Lipinski definition) is 0.